The minimum atomic E-state index is 0.561. The molecule has 6 heteroatoms. The molecule has 0 saturated heterocycles. The molecule has 1 aromatic carbocycles. The second-order valence-corrected chi connectivity index (χ2v) is 4.87. The van der Waals surface area contributed by atoms with E-state index in [9.17, 15) is 0 Å². The van der Waals surface area contributed by atoms with Gasteiger partial charge in [0.15, 0.2) is 5.58 Å². The summed E-state index contributed by atoms with van der Waals surface area (Å²) in [5, 5.41) is 0.564. The third-order valence-corrected chi connectivity index (χ3v) is 3.35. The van der Waals surface area contributed by atoms with E-state index in [-0.39, 0.29) is 0 Å². The van der Waals surface area contributed by atoms with Crippen molar-refractivity contribution < 1.29 is 9.15 Å². The number of aromatic nitrogens is 2. The van der Waals surface area contributed by atoms with Gasteiger partial charge in [0, 0.05) is 22.8 Å². The molecular weight excluding hydrogens is 262 g/mol. The average molecular weight is 273 g/mol. The number of oxazole rings is 1. The summed E-state index contributed by atoms with van der Waals surface area (Å²) in [6.07, 6.45) is 1.68. The van der Waals surface area contributed by atoms with E-state index in [2.05, 4.69) is 9.97 Å². The van der Waals surface area contributed by atoms with Crippen LogP contribution in [0.5, 0.6) is 5.88 Å². The molecule has 0 radical (unpaired) electrons. The zero-order valence-electron chi connectivity index (χ0n) is 10.2. The number of nitrogens with two attached hydrogens (primary N) is 1. The van der Waals surface area contributed by atoms with Crippen LogP contribution in [-0.2, 0) is 0 Å². The number of methoxy groups -OCH3 is 1. The lowest BCUT2D eigenvalue weighted by atomic mass is 10.3. The zero-order chi connectivity index (χ0) is 13.2. The first-order valence-corrected chi connectivity index (χ1v) is 6.40. The summed E-state index contributed by atoms with van der Waals surface area (Å²) in [7, 11) is 1.58. The monoisotopic (exact) mass is 273 g/mol. The first kappa shape index (κ1) is 11.9. The number of nitrogens with zero attached hydrogens (tertiary/aromatic N) is 2. The van der Waals surface area contributed by atoms with Crippen molar-refractivity contribution in [3.8, 4) is 5.88 Å². The quantitative estimate of drug-likeness (QED) is 0.739. The summed E-state index contributed by atoms with van der Waals surface area (Å²) in [6, 6.07) is 9.09. The van der Waals surface area contributed by atoms with Crippen LogP contribution in [0.1, 0.15) is 0 Å². The van der Waals surface area contributed by atoms with E-state index >= 15 is 0 Å². The smallest absolute Gasteiger partial charge is 0.261 e. The van der Waals surface area contributed by atoms with Crippen LogP contribution in [0.2, 0.25) is 0 Å². The van der Waals surface area contributed by atoms with Gasteiger partial charge in [0.2, 0.25) is 5.88 Å². The number of rotatable bonds is 3. The fraction of sp³-hybridized carbons (Fsp3) is 0.0769. The fourth-order valence-corrected chi connectivity index (χ4v) is 2.40. The van der Waals surface area contributed by atoms with Crippen molar-refractivity contribution in [3.05, 3.63) is 36.5 Å². The maximum atomic E-state index is 5.71. The first-order valence-electron chi connectivity index (χ1n) is 5.58. The second-order valence-electron chi connectivity index (χ2n) is 3.84. The number of hydrogen-bond acceptors (Lipinski definition) is 6. The molecule has 0 aliphatic heterocycles. The summed E-state index contributed by atoms with van der Waals surface area (Å²) in [5.74, 6) is 0.561. The maximum absolute atomic E-state index is 5.71. The van der Waals surface area contributed by atoms with Crippen LogP contribution >= 0.6 is 11.8 Å². The van der Waals surface area contributed by atoms with Crippen molar-refractivity contribution in [1.29, 1.82) is 0 Å². The molecule has 2 aromatic heterocycles. The van der Waals surface area contributed by atoms with Crippen LogP contribution in [0, 0.1) is 0 Å². The van der Waals surface area contributed by atoms with E-state index in [1.165, 1.54) is 11.8 Å². The number of anilines is 1. The molecule has 96 valence electrons. The summed E-state index contributed by atoms with van der Waals surface area (Å²) < 4.78 is 10.7. The van der Waals surface area contributed by atoms with Crippen LogP contribution < -0.4 is 10.5 Å². The Balaban J connectivity index is 1.92. The second kappa shape index (κ2) is 4.81. The molecule has 5 nitrogen and oxygen atoms in total. The van der Waals surface area contributed by atoms with Crippen LogP contribution in [0.25, 0.3) is 11.1 Å². The van der Waals surface area contributed by atoms with E-state index in [0.29, 0.717) is 16.8 Å². The van der Waals surface area contributed by atoms with E-state index in [4.69, 9.17) is 14.9 Å². The van der Waals surface area contributed by atoms with Crippen LogP contribution in [-0.4, -0.2) is 17.1 Å². The molecule has 0 spiro atoms. The molecule has 0 saturated carbocycles. The van der Waals surface area contributed by atoms with Gasteiger partial charge in [-0.25, -0.2) is 9.97 Å². The van der Waals surface area contributed by atoms with Gasteiger partial charge in [-0.2, -0.15) is 0 Å². The largest absolute Gasteiger partial charge is 0.481 e. The standard InChI is InChI=1S/C13H11N3O2S/c1-17-12-7-9(4-5-15-12)19-13-16-10-6-8(14)2-3-11(10)18-13/h2-7H,14H2,1H3. The molecule has 0 unspecified atom stereocenters. The van der Waals surface area contributed by atoms with E-state index in [0.717, 1.165) is 16.0 Å². The van der Waals surface area contributed by atoms with Gasteiger partial charge in [0.1, 0.15) is 5.52 Å². The minimum absolute atomic E-state index is 0.561. The summed E-state index contributed by atoms with van der Waals surface area (Å²) in [5.41, 5.74) is 7.85. The van der Waals surface area contributed by atoms with Crippen molar-refractivity contribution in [2.45, 2.75) is 10.1 Å². The Bertz CT molecular complexity index is 727. The van der Waals surface area contributed by atoms with Crippen molar-refractivity contribution in [2.24, 2.45) is 0 Å². The van der Waals surface area contributed by atoms with Crippen molar-refractivity contribution in [2.75, 3.05) is 12.8 Å². The summed E-state index contributed by atoms with van der Waals surface area (Å²) >= 11 is 1.41. The Morgan fingerprint density at radius 1 is 1.26 bits per heavy atom. The predicted octanol–water partition coefficient (Wildman–Crippen LogP) is 2.96. The highest BCUT2D eigenvalue weighted by molar-refractivity contribution is 7.99. The molecule has 2 heterocycles. The van der Waals surface area contributed by atoms with Gasteiger partial charge >= 0.3 is 0 Å². The zero-order valence-corrected chi connectivity index (χ0v) is 11.0. The van der Waals surface area contributed by atoms with Crippen molar-refractivity contribution in [1.82, 2.24) is 9.97 Å². The average Bonchev–Trinajstić information content (AvgIpc) is 2.80. The number of fused-ring (bicyclic) bond motifs is 1. The molecule has 0 aliphatic carbocycles. The Morgan fingerprint density at radius 3 is 3.00 bits per heavy atom. The Labute approximate surface area is 113 Å². The lowest BCUT2D eigenvalue weighted by Crippen LogP contribution is -1.86. The predicted molar refractivity (Wildman–Crippen MR) is 73.3 cm³/mol. The fourth-order valence-electron chi connectivity index (χ4n) is 1.63. The molecule has 0 bridgehead atoms. The van der Waals surface area contributed by atoms with Gasteiger partial charge in [-0.1, -0.05) is 0 Å². The number of benzene rings is 1. The first-order chi connectivity index (χ1) is 9.24. The molecule has 3 aromatic rings. The molecule has 0 amide bonds. The Morgan fingerprint density at radius 2 is 2.16 bits per heavy atom. The van der Waals surface area contributed by atoms with Gasteiger partial charge < -0.3 is 14.9 Å². The third-order valence-electron chi connectivity index (χ3n) is 2.51. The molecule has 2 N–H and O–H groups in total. The molecule has 19 heavy (non-hydrogen) atoms. The highest BCUT2D eigenvalue weighted by atomic mass is 32.2. The van der Waals surface area contributed by atoms with Gasteiger partial charge in [0.05, 0.1) is 7.11 Å². The number of nitrogen functional groups attached to an aromatic ring is 1. The van der Waals surface area contributed by atoms with Gasteiger partial charge in [-0.05, 0) is 36.0 Å². The lowest BCUT2D eigenvalue weighted by molar-refractivity contribution is 0.396. The summed E-state index contributed by atoms with van der Waals surface area (Å²) in [6.45, 7) is 0. The maximum Gasteiger partial charge on any atom is 0.261 e. The van der Waals surface area contributed by atoms with Crippen LogP contribution in [0.15, 0.2) is 51.1 Å². The van der Waals surface area contributed by atoms with Crippen molar-refractivity contribution >= 4 is 28.5 Å². The van der Waals surface area contributed by atoms with Gasteiger partial charge in [0.25, 0.3) is 5.22 Å². The topological polar surface area (TPSA) is 74.2 Å². The van der Waals surface area contributed by atoms with Gasteiger partial charge in [-0.3, -0.25) is 0 Å². The Hall–Kier alpha value is -2.21. The van der Waals surface area contributed by atoms with E-state index < -0.39 is 0 Å². The van der Waals surface area contributed by atoms with Crippen LogP contribution in [0.4, 0.5) is 5.69 Å². The number of ether oxygens (including phenoxy) is 1. The molecule has 0 atom stereocenters. The van der Waals surface area contributed by atoms with Crippen LogP contribution in [0.3, 0.4) is 0 Å². The Kier molecular flexibility index (Phi) is 3.00. The number of pyridine rings is 1. The highest BCUT2D eigenvalue weighted by Gasteiger charge is 2.08. The highest BCUT2D eigenvalue weighted by Crippen LogP contribution is 2.31. The molecule has 0 fully saturated rings. The normalized spacial score (nSPS) is 10.8. The number of hydrogen-bond donors (Lipinski definition) is 1. The SMILES string of the molecule is COc1cc(Sc2nc3cc(N)ccc3o2)ccn1. The van der Waals surface area contributed by atoms with E-state index in [1.54, 1.807) is 25.4 Å². The van der Waals surface area contributed by atoms with Gasteiger partial charge in [-0.15, -0.1) is 0 Å². The minimum Gasteiger partial charge on any atom is -0.481 e. The molecule has 3 rings (SSSR count). The molecular formula is C13H11N3O2S. The summed E-state index contributed by atoms with van der Waals surface area (Å²) in [4.78, 5) is 9.38. The lowest BCUT2D eigenvalue weighted by Gasteiger charge is -1.99. The third kappa shape index (κ3) is 2.48. The van der Waals surface area contributed by atoms with Crippen molar-refractivity contribution in [3.63, 3.8) is 0 Å². The molecule has 0 aliphatic rings. The van der Waals surface area contributed by atoms with E-state index in [1.807, 2.05) is 18.2 Å².